The van der Waals surface area contributed by atoms with Gasteiger partial charge in [0.15, 0.2) is 6.17 Å². The number of methoxy groups -OCH3 is 1. The van der Waals surface area contributed by atoms with Gasteiger partial charge in [-0.3, -0.25) is 14.5 Å². The standard InChI is InChI=1S/C34H47IN4O8/c1-10-11-23(35)21-16-18-15-20(26(21)40)19-12-17(13-22(27(19)41)33(2,3)4)14-24(31(44)46-9)37-30(43)28(36)38-29(42)25(18)39(8)32(45)47-34(5,6)7/h12-13,15-16,23-25,28,40-41H,10-11,14,36H2,1-9H3,(H,37,43)(H,38,42)/t23?,24-,25-,28+/m0/s1. The summed E-state index contributed by atoms with van der Waals surface area (Å²) in [5.41, 5.74) is 6.98. The van der Waals surface area contributed by atoms with E-state index >= 15 is 0 Å². The smallest absolute Gasteiger partial charge is 0.410 e. The Kier molecular flexibility index (Phi) is 11.8. The van der Waals surface area contributed by atoms with Gasteiger partial charge in [0.2, 0.25) is 5.91 Å². The van der Waals surface area contributed by atoms with E-state index in [1.54, 1.807) is 45.0 Å². The number of ether oxygens (including phenoxy) is 2. The number of nitrogens with one attached hydrogen (secondary N) is 2. The third kappa shape index (κ3) is 8.86. The molecular formula is C34H47IN4O8. The van der Waals surface area contributed by atoms with Crippen molar-refractivity contribution in [2.75, 3.05) is 14.2 Å². The Bertz CT molecular complexity index is 1530. The van der Waals surface area contributed by atoms with E-state index in [-0.39, 0.29) is 38.5 Å². The molecule has 0 spiro atoms. The molecule has 6 N–H and O–H groups in total. The maximum atomic E-state index is 14.0. The van der Waals surface area contributed by atoms with Crippen LogP contribution in [0.3, 0.4) is 0 Å². The summed E-state index contributed by atoms with van der Waals surface area (Å²) in [5.74, 6) is -2.63. The summed E-state index contributed by atoms with van der Waals surface area (Å²) in [7, 11) is 2.57. The van der Waals surface area contributed by atoms with Gasteiger partial charge in [-0.05, 0) is 61.9 Å². The maximum absolute atomic E-state index is 14.0. The molecule has 0 aromatic heterocycles. The van der Waals surface area contributed by atoms with E-state index in [1.165, 1.54) is 14.2 Å². The predicted octanol–water partition coefficient (Wildman–Crippen LogP) is 4.86. The van der Waals surface area contributed by atoms with E-state index in [0.717, 1.165) is 11.3 Å². The molecule has 3 rings (SSSR count). The molecule has 13 heteroatoms. The van der Waals surface area contributed by atoms with Gasteiger partial charge in [0, 0.05) is 39.6 Å². The lowest BCUT2D eigenvalue weighted by molar-refractivity contribution is -0.145. The second kappa shape index (κ2) is 14.7. The van der Waals surface area contributed by atoms with Crippen LogP contribution >= 0.6 is 22.6 Å². The topological polar surface area (TPSA) is 181 Å². The Morgan fingerprint density at radius 3 is 2.19 bits per heavy atom. The zero-order chi connectivity index (χ0) is 35.6. The molecule has 0 aliphatic carbocycles. The van der Waals surface area contributed by atoms with Crippen LogP contribution in [0, 0.1) is 0 Å². The van der Waals surface area contributed by atoms with Crippen molar-refractivity contribution >= 4 is 46.5 Å². The lowest BCUT2D eigenvalue weighted by Gasteiger charge is -2.32. The summed E-state index contributed by atoms with van der Waals surface area (Å²) in [5, 5.41) is 28.6. The number of halogens is 1. The van der Waals surface area contributed by atoms with Gasteiger partial charge in [-0.1, -0.05) is 62.8 Å². The molecule has 0 saturated carbocycles. The number of rotatable bonds is 5. The number of phenols is 2. The van der Waals surface area contributed by atoms with Crippen LogP contribution in [0.5, 0.6) is 11.5 Å². The molecule has 1 aliphatic heterocycles. The first kappa shape index (κ1) is 37.9. The fourth-order valence-electron chi connectivity index (χ4n) is 5.40. The Morgan fingerprint density at radius 2 is 1.64 bits per heavy atom. The summed E-state index contributed by atoms with van der Waals surface area (Å²) in [6, 6.07) is 3.97. The SMILES string of the molecule is CCCC(I)c1cc2cc(c1O)-c1cc(cc(C(C)(C)C)c1O)C[C@@H](C(=O)OC)NC(=O)[C@H](N)NC(=O)[C@H]2N(C)C(=O)OC(C)(C)C. The number of carbonyl (C=O) groups is 4. The van der Waals surface area contributed by atoms with Crippen LogP contribution in [-0.4, -0.2) is 71.0 Å². The van der Waals surface area contributed by atoms with Crippen LogP contribution in [0.25, 0.3) is 11.1 Å². The number of hydrogen-bond donors (Lipinski definition) is 5. The molecule has 0 saturated heterocycles. The predicted molar refractivity (Wildman–Crippen MR) is 186 cm³/mol. The molecule has 12 nitrogen and oxygen atoms in total. The quantitative estimate of drug-likeness (QED) is 0.161. The van der Waals surface area contributed by atoms with Crippen molar-refractivity contribution in [3.05, 3.63) is 46.5 Å². The highest BCUT2D eigenvalue weighted by atomic mass is 127. The summed E-state index contributed by atoms with van der Waals surface area (Å²) in [6.45, 7) is 12.8. The number of aromatic hydroxyl groups is 2. The third-order valence-corrected chi connectivity index (χ3v) is 9.06. The minimum atomic E-state index is -1.61. The van der Waals surface area contributed by atoms with Gasteiger partial charge >= 0.3 is 12.1 Å². The lowest BCUT2D eigenvalue weighted by Crippen LogP contribution is -2.58. The van der Waals surface area contributed by atoms with E-state index < -0.39 is 53.1 Å². The molecule has 258 valence electrons. The van der Waals surface area contributed by atoms with E-state index in [9.17, 15) is 29.4 Å². The van der Waals surface area contributed by atoms with Crippen molar-refractivity contribution in [1.82, 2.24) is 15.5 Å². The van der Waals surface area contributed by atoms with Crippen molar-refractivity contribution < 1.29 is 38.9 Å². The van der Waals surface area contributed by atoms with E-state index in [1.807, 2.05) is 27.7 Å². The minimum absolute atomic E-state index is 0.0441. The molecule has 3 amide bonds. The Hall–Kier alpha value is -3.59. The molecule has 2 aromatic carbocycles. The Labute approximate surface area is 289 Å². The Balaban J connectivity index is 2.49. The molecule has 2 aromatic rings. The Morgan fingerprint density at radius 1 is 1.02 bits per heavy atom. The third-order valence-electron chi connectivity index (χ3n) is 7.76. The molecule has 0 radical (unpaired) electrons. The number of benzene rings is 2. The largest absolute Gasteiger partial charge is 0.507 e. The first-order chi connectivity index (χ1) is 21.7. The normalized spacial score (nSPS) is 19.5. The molecule has 0 fully saturated rings. The zero-order valence-electron chi connectivity index (χ0n) is 28.5. The van der Waals surface area contributed by atoms with Crippen LogP contribution in [-0.2, 0) is 35.7 Å². The number of likely N-dealkylation sites (N-methyl/N-ethyl adjacent to an activating group) is 1. The van der Waals surface area contributed by atoms with Crippen molar-refractivity contribution in [3.63, 3.8) is 0 Å². The number of carbonyl (C=O) groups excluding carboxylic acids is 4. The zero-order valence-corrected chi connectivity index (χ0v) is 30.6. The number of phenolic OH excluding ortho intramolecular Hbond substituents is 2. The molecule has 4 bridgehead atoms. The molecular weight excluding hydrogens is 719 g/mol. The van der Waals surface area contributed by atoms with Gasteiger partial charge in [0.05, 0.1) is 7.11 Å². The average molecular weight is 767 g/mol. The number of esters is 1. The molecule has 4 atom stereocenters. The second-order valence-electron chi connectivity index (χ2n) is 13.8. The summed E-state index contributed by atoms with van der Waals surface area (Å²) in [4.78, 5) is 54.6. The highest BCUT2D eigenvalue weighted by Gasteiger charge is 2.36. The second-order valence-corrected chi connectivity index (χ2v) is 15.3. The number of nitrogens with zero attached hydrogens (tertiary/aromatic N) is 1. The van der Waals surface area contributed by atoms with Gasteiger partial charge in [0.25, 0.3) is 5.91 Å². The van der Waals surface area contributed by atoms with E-state index in [0.29, 0.717) is 23.1 Å². The first-order valence-electron chi connectivity index (χ1n) is 15.5. The van der Waals surface area contributed by atoms with E-state index in [4.69, 9.17) is 15.2 Å². The summed E-state index contributed by atoms with van der Waals surface area (Å²) in [6.07, 6.45) is -1.00. The number of amides is 3. The van der Waals surface area contributed by atoms with Crippen molar-refractivity contribution in [2.45, 2.75) is 101 Å². The number of hydrogen-bond acceptors (Lipinski definition) is 9. The van der Waals surface area contributed by atoms with Crippen molar-refractivity contribution in [3.8, 4) is 22.6 Å². The fourth-order valence-corrected chi connectivity index (χ4v) is 6.50. The fraction of sp³-hybridized carbons (Fsp3) is 0.529. The maximum Gasteiger partial charge on any atom is 0.410 e. The lowest BCUT2D eigenvalue weighted by atomic mass is 9.81. The average Bonchev–Trinajstić information content (AvgIpc) is 2.95. The molecule has 1 aliphatic rings. The van der Waals surface area contributed by atoms with Gasteiger partial charge in [-0.15, -0.1) is 0 Å². The highest BCUT2D eigenvalue weighted by Crippen LogP contribution is 2.48. The van der Waals surface area contributed by atoms with Crippen molar-refractivity contribution in [2.24, 2.45) is 5.73 Å². The molecule has 47 heavy (non-hydrogen) atoms. The minimum Gasteiger partial charge on any atom is -0.507 e. The van der Waals surface area contributed by atoms with Crippen LogP contribution in [0.1, 0.15) is 93.5 Å². The first-order valence-corrected chi connectivity index (χ1v) is 16.7. The van der Waals surface area contributed by atoms with Crippen LogP contribution in [0.4, 0.5) is 4.79 Å². The molecule has 1 heterocycles. The highest BCUT2D eigenvalue weighted by molar-refractivity contribution is 14.1. The number of nitrogens with two attached hydrogens (primary N) is 1. The van der Waals surface area contributed by atoms with Crippen molar-refractivity contribution in [1.29, 1.82) is 0 Å². The number of fused-ring (bicyclic) bond motifs is 5. The van der Waals surface area contributed by atoms with Gasteiger partial charge in [0.1, 0.15) is 29.2 Å². The van der Waals surface area contributed by atoms with Crippen LogP contribution < -0.4 is 16.4 Å². The van der Waals surface area contributed by atoms with Gasteiger partial charge in [-0.25, -0.2) is 9.59 Å². The van der Waals surface area contributed by atoms with Crippen LogP contribution in [0.2, 0.25) is 0 Å². The molecule has 1 unspecified atom stereocenters. The summed E-state index contributed by atoms with van der Waals surface area (Å²) >= 11 is 2.22. The number of alkyl halides is 1. The van der Waals surface area contributed by atoms with E-state index in [2.05, 4.69) is 33.2 Å². The van der Waals surface area contributed by atoms with Crippen LogP contribution in [0.15, 0.2) is 24.3 Å². The van der Waals surface area contributed by atoms with Gasteiger partial charge < -0.3 is 36.1 Å². The monoisotopic (exact) mass is 766 g/mol. The van der Waals surface area contributed by atoms with Gasteiger partial charge in [-0.2, -0.15) is 0 Å². The summed E-state index contributed by atoms with van der Waals surface area (Å²) < 4.78 is 10.3.